The summed E-state index contributed by atoms with van der Waals surface area (Å²) in [5.41, 5.74) is 0. The Bertz CT molecular complexity index is 345. The van der Waals surface area contributed by atoms with Gasteiger partial charge >= 0.3 is 5.97 Å². The van der Waals surface area contributed by atoms with E-state index in [9.17, 15) is 9.59 Å². The first kappa shape index (κ1) is 15.2. The van der Waals surface area contributed by atoms with E-state index in [0.29, 0.717) is 32.7 Å². The lowest BCUT2D eigenvalue weighted by atomic mass is 10.2. The maximum absolute atomic E-state index is 12.2. The fourth-order valence-corrected chi connectivity index (χ4v) is 2.64. The predicted molar refractivity (Wildman–Crippen MR) is 72.5 cm³/mol. The van der Waals surface area contributed by atoms with E-state index in [0.717, 1.165) is 26.1 Å². The van der Waals surface area contributed by atoms with Crippen LogP contribution >= 0.6 is 0 Å². The van der Waals surface area contributed by atoms with E-state index in [4.69, 9.17) is 9.84 Å². The van der Waals surface area contributed by atoms with Gasteiger partial charge in [0.15, 0.2) is 0 Å². The standard InChI is InChI=1S/C13H23N3O4/c17-12(8-11-9-14-2-7-20-11)16-4-1-3-15(5-6-16)10-13(18)19/h11,14H,1-10H2,(H,18,19). The molecule has 0 radical (unpaired) electrons. The minimum atomic E-state index is -0.813. The summed E-state index contributed by atoms with van der Waals surface area (Å²) in [6, 6.07) is 0. The number of ether oxygens (including phenoxy) is 1. The van der Waals surface area contributed by atoms with Crippen LogP contribution in [0, 0.1) is 0 Å². The van der Waals surface area contributed by atoms with Crippen molar-refractivity contribution >= 4 is 11.9 Å². The SMILES string of the molecule is O=C(O)CN1CCCN(C(=O)CC2CNCCO2)CC1. The van der Waals surface area contributed by atoms with E-state index >= 15 is 0 Å². The van der Waals surface area contributed by atoms with Crippen LogP contribution < -0.4 is 5.32 Å². The molecule has 114 valence electrons. The highest BCUT2D eigenvalue weighted by Crippen LogP contribution is 2.09. The first-order valence-corrected chi connectivity index (χ1v) is 7.19. The Morgan fingerprint density at radius 3 is 2.80 bits per heavy atom. The third-order valence-electron chi connectivity index (χ3n) is 3.71. The van der Waals surface area contributed by atoms with Crippen molar-refractivity contribution < 1.29 is 19.4 Å². The molecule has 1 unspecified atom stereocenters. The highest BCUT2D eigenvalue weighted by molar-refractivity contribution is 5.76. The van der Waals surface area contributed by atoms with E-state index in [-0.39, 0.29) is 18.6 Å². The van der Waals surface area contributed by atoms with E-state index in [2.05, 4.69) is 5.32 Å². The van der Waals surface area contributed by atoms with Gasteiger partial charge in [-0.3, -0.25) is 14.5 Å². The minimum Gasteiger partial charge on any atom is -0.480 e. The third kappa shape index (κ3) is 4.73. The molecule has 0 spiro atoms. The highest BCUT2D eigenvalue weighted by atomic mass is 16.5. The molecule has 1 amide bonds. The van der Waals surface area contributed by atoms with Gasteiger partial charge < -0.3 is 20.1 Å². The fraction of sp³-hybridized carbons (Fsp3) is 0.846. The predicted octanol–water partition coefficient (Wildman–Crippen LogP) is -1.02. The number of amides is 1. The van der Waals surface area contributed by atoms with E-state index in [1.165, 1.54) is 0 Å². The Labute approximate surface area is 118 Å². The number of nitrogens with zero attached hydrogens (tertiary/aromatic N) is 2. The molecule has 7 heteroatoms. The summed E-state index contributed by atoms with van der Waals surface area (Å²) in [6.07, 6.45) is 1.20. The number of carboxylic acids is 1. The monoisotopic (exact) mass is 285 g/mol. The van der Waals surface area contributed by atoms with Crippen molar-refractivity contribution in [1.29, 1.82) is 0 Å². The maximum atomic E-state index is 12.2. The van der Waals surface area contributed by atoms with Gasteiger partial charge in [0.1, 0.15) is 0 Å². The van der Waals surface area contributed by atoms with Crippen molar-refractivity contribution in [2.45, 2.75) is 18.9 Å². The second-order valence-electron chi connectivity index (χ2n) is 5.31. The van der Waals surface area contributed by atoms with Gasteiger partial charge in [-0.05, 0) is 6.42 Å². The number of nitrogens with one attached hydrogen (secondary N) is 1. The van der Waals surface area contributed by atoms with Crippen molar-refractivity contribution in [3.8, 4) is 0 Å². The molecule has 2 aliphatic rings. The van der Waals surface area contributed by atoms with Gasteiger partial charge in [-0.2, -0.15) is 0 Å². The quantitative estimate of drug-likeness (QED) is 0.688. The van der Waals surface area contributed by atoms with Crippen LogP contribution in [0.4, 0.5) is 0 Å². The van der Waals surface area contributed by atoms with Gasteiger partial charge in [0.25, 0.3) is 0 Å². The highest BCUT2D eigenvalue weighted by Gasteiger charge is 2.24. The molecular weight excluding hydrogens is 262 g/mol. The second-order valence-corrected chi connectivity index (χ2v) is 5.31. The summed E-state index contributed by atoms with van der Waals surface area (Å²) >= 11 is 0. The molecule has 2 heterocycles. The molecule has 0 bridgehead atoms. The Kier molecular flexibility index (Phi) is 5.75. The summed E-state index contributed by atoms with van der Waals surface area (Å²) in [4.78, 5) is 26.7. The number of hydrogen-bond donors (Lipinski definition) is 2. The van der Waals surface area contributed by atoms with Crippen LogP contribution in [0.2, 0.25) is 0 Å². The van der Waals surface area contributed by atoms with Crippen molar-refractivity contribution in [2.24, 2.45) is 0 Å². The Hall–Kier alpha value is -1.18. The number of carbonyl (C=O) groups is 2. The van der Waals surface area contributed by atoms with Crippen LogP contribution in [0.5, 0.6) is 0 Å². The van der Waals surface area contributed by atoms with Crippen molar-refractivity contribution in [2.75, 3.05) is 52.4 Å². The molecule has 0 aromatic rings. The van der Waals surface area contributed by atoms with Crippen LogP contribution in [-0.2, 0) is 14.3 Å². The van der Waals surface area contributed by atoms with E-state index in [1.807, 2.05) is 9.80 Å². The van der Waals surface area contributed by atoms with Gasteiger partial charge in [0.05, 0.1) is 25.7 Å². The Morgan fingerprint density at radius 1 is 1.25 bits per heavy atom. The summed E-state index contributed by atoms with van der Waals surface area (Å²) < 4.78 is 5.55. The zero-order valence-electron chi connectivity index (χ0n) is 11.7. The first-order chi connectivity index (χ1) is 9.65. The zero-order chi connectivity index (χ0) is 14.4. The summed E-state index contributed by atoms with van der Waals surface area (Å²) in [7, 11) is 0. The Balaban J connectivity index is 1.77. The number of carboxylic acid groups (broad SMARTS) is 1. The number of hydrogen-bond acceptors (Lipinski definition) is 5. The number of rotatable bonds is 4. The molecule has 2 aliphatic heterocycles. The summed E-state index contributed by atoms with van der Waals surface area (Å²) in [5.74, 6) is -0.706. The molecule has 1 atom stereocenters. The van der Waals surface area contributed by atoms with Gasteiger partial charge in [-0.15, -0.1) is 0 Å². The van der Waals surface area contributed by atoms with Crippen molar-refractivity contribution in [1.82, 2.24) is 15.1 Å². The molecule has 0 saturated carbocycles. The molecule has 20 heavy (non-hydrogen) atoms. The van der Waals surface area contributed by atoms with Crippen LogP contribution in [0.1, 0.15) is 12.8 Å². The summed E-state index contributed by atoms with van der Waals surface area (Å²) in [6.45, 7) is 4.95. The molecule has 0 aromatic heterocycles. The van der Waals surface area contributed by atoms with Gasteiger partial charge in [0, 0.05) is 39.3 Å². The van der Waals surface area contributed by atoms with Crippen LogP contribution in [0.3, 0.4) is 0 Å². The second kappa shape index (κ2) is 7.56. The fourth-order valence-electron chi connectivity index (χ4n) is 2.64. The zero-order valence-corrected chi connectivity index (χ0v) is 11.7. The Morgan fingerprint density at radius 2 is 2.10 bits per heavy atom. The topological polar surface area (TPSA) is 82.1 Å². The molecule has 2 rings (SSSR count). The smallest absolute Gasteiger partial charge is 0.317 e. The normalized spacial score (nSPS) is 25.2. The van der Waals surface area contributed by atoms with Gasteiger partial charge in [-0.25, -0.2) is 0 Å². The number of aliphatic carboxylic acids is 1. The molecule has 7 nitrogen and oxygen atoms in total. The average molecular weight is 285 g/mol. The molecular formula is C13H23N3O4. The third-order valence-corrected chi connectivity index (χ3v) is 3.71. The first-order valence-electron chi connectivity index (χ1n) is 7.19. The molecule has 2 N–H and O–H groups in total. The average Bonchev–Trinajstić information content (AvgIpc) is 2.65. The number of morpholine rings is 1. The van der Waals surface area contributed by atoms with Crippen LogP contribution in [0.15, 0.2) is 0 Å². The lowest BCUT2D eigenvalue weighted by Gasteiger charge is -2.27. The van der Waals surface area contributed by atoms with E-state index in [1.54, 1.807) is 0 Å². The van der Waals surface area contributed by atoms with Crippen molar-refractivity contribution in [3.63, 3.8) is 0 Å². The van der Waals surface area contributed by atoms with Gasteiger partial charge in [-0.1, -0.05) is 0 Å². The molecule has 2 fully saturated rings. The minimum absolute atomic E-state index is 0.0328. The maximum Gasteiger partial charge on any atom is 0.317 e. The van der Waals surface area contributed by atoms with Crippen molar-refractivity contribution in [3.05, 3.63) is 0 Å². The van der Waals surface area contributed by atoms with Crippen LogP contribution in [0.25, 0.3) is 0 Å². The molecule has 0 aromatic carbocycles. The van der Waals surface area contributed by atoms with E-state index < -0.39 is 5.97 Å². The molecule has 2 saturated heterocycles. The van der Waals surface area contributed by atoms with Gasteiger partial charge in [0.2, 0.25) is 5.91 Å². The lowest BCUT2D eigenvalue weighted by molar-refractivity contribution is -0.138. The molecule has 0 aliphatic carbocycles. The van der Waals surface area contributed by atoms with Crippen LogP contribution in [-0.4, -0.2) is 85.3 Å². The lowest BCUT2D eigenvalue weighted by Crippen LogP contribution is -2.43. The largest absolute Gasteiger partial charge is 0.480 e. The summed E-state index contributed by atoms with van der Waals surface area (Å²) in [5, 5.41) is 12.0. The number of carbonyl (C=O) groups excluding carboxylic acids is 1.